The summed E-state index contributed by atoms with van der Waals surface area (Å²) >= 11 is 6.47. The fraction of sp³-hybridized carbons (Fsp3) is 0.125. The highest BCUT2D eigenvalue weighted by atomic mass is 79.9. The van der Waals surface area contributed by atoms with Crippen LogP contribution in [0.3, 0.4) is 0 Å². The number of benzene rings is 2. The van der Waals surface area contributed by atoms with E-state index in [0.717, 1.165) is 0 Å². The van der Waals surface area contributed by atoms with Crippen LogP contribution < -0.4 is 10.8 Å². The summed E-state index contributed by atoms with van der Waals surface area (Å²) in [6, 6.07) is 9.48. The Labute approximate surface area is 159 Å². The van der Waals surface area contributed by atoms with Crippen LogP contribution in [0.15, 0.2) is 50.3 Å². The molecule has 2 aromatic rings. The van der Waals surface area contributed by atoms with Gasteiger partial charge >= 0.3 is 11.8 Å². The number of carbonyl (C=O) groups excluding carboxylic acids is 1. The average Bonchev–Trinajstić information content (AvgIpc) is 3.08. The predicted octanol–water partition coefficient (Wildman–Crippen LogP) is 3.30. The average molecular weight is 473 g/mol. The topological polar surface area (TPSA) is 83.0 Å². The summed E-state index contributed by atoms with van der Waals surface area (Å²) in [6.45, 7) is 0.0227. The van der Waals surface area contributed by atoms with Crippen molar-refractivity contribution in [2.75, 3.05) is 0 Å². The smallest absolute Gasteiger partial charge is 0.308 e. The molecule has 1 aliphatic rings. The van der Waals surface area contributed by atoms with E-state index < -0.39 is 17.9 Å². The normalized spacial score (nSPS) is 16.3. The lowest BCUT2D eigenvalue weighted by atomic mass is 10.2. The third-order valence-corrected chi connectivity index (χ3v) is 4.67. The van der Waals surface area contributed by atoms with Crippen LogP contribution in [0, 0.1) is 5.82 Å². The van der Waals surface area contributed by atoms with E-state index in [4.69, 9.17) is 4.84 Å². The number of carbonyl (C=O) groups is 1. The summed E-state index contributed by atoms with van der Waals surface area (Å²) in [5.74, 6) is -1.04. The van der Waals surface area contributed by atoms with Crippen LogP contribution in [0.2, 0.25) is 0 Å². The van der Waals surface area contributed by atoms with Gasteiger partial charge < -0.3 is 15.3 Å². The zero-order valence-corrected chi connectivity index (χ0v) is 15.8. The van der Waals surface area contributed by atoms with E-state index in [1.807, 2.05) is 0 Å². The van der Waals surface area contributed by atoms with Crippen LogP contribution in [0.5, 0.6) is 5.75 Å². The monoisotopic (exact) mass is 471 g/mol. The quantitative estimate of drug-likeness (QED) is 0.637. The maximum atomic E-state index is 13.6. The van der Waals surface area contributed by atoms with E-state index in [2.05, 4.69) is 47.6 Å². The second-order valence-electron chi connectivity index (χ2n) is 5.16. The van der Waals surface area contributed by atoms with Crippen LogP contribution in [-0.4, -0.2) is 16.9 Å². The molecule has 0 saturated heterocycles. The lowest BCUT2D eigenvalue weighted by Crippen LogP contribution is -2.32. The van der Waals surface area contributed by atoms with Gasteiger partial charge in [-0.2, -0.15) is 0 Å². The largest absolute Gasteiger partial charge is 0.506 e. The number of rotatable bonds is 4. The predicted molar refractivity (Wildman–Crippen MR) is 96.2 cm³/mol. The van der Waals surface area contributed by atoms with Crippen LogP contribution >= 0.6 is 31.9 Å². The molecule has 0 spiro atoms. The summed E-state index contributed by atoms with van der Waals surface area (Å²) in [6.07, 6.45) is -0.609. The van der Waals surface area contributed by atoms with Gasteiger partial charge in [0, 0.05) is 12.1 Å². The highest BCUT2D eigenvalue weighted by Crippen LogP contribution is 2.35. The molecule has 1 heterocycles. The molecule has 25 heavy (non-hydrogen) atoms. The number of phenols is 1. The molecule has 0 bridgehead atoms. The minimum absolute atomic E-state index is 0.0227. The standard InChI is InChI=1S/C16H12Br2FN3O3/c17-10-5-9(6-11(18)13(10)23)14-21-16(25-22-14)15(24)20-7-8-3-1-2-4-12(8)19/h1-6,14,22-23H,7H2,(H,20,24). The molecular weight excluding hydrogens is 461 g/mol. The Kier molecular flexibility index (Phi) is 5.36. The van der Waals surface area contributed by atoms with E-state index in [-0.39, 0.29) is 18.2 Å². The number of amides is 1. The summed E-state index contributed by atoms with van der Waals surface area (Å²) in [4.78, 5) is 21.4. The number of halogens is 3. The van der Waals surface area contributed by atoms with Gasteiger partial charge in [0.2, 0.25) is 0 Å². The first-order valence-electron chi connectivity index (χ1n) is 7.15. The molecule has 2 aromatic carbocycles. The summed E-state index contributed by atoms with van der Waals surface area (Å²) < 4.78 is 14.5. The van der Waals surface area contributed by atoms with Gasteiger partial charge in [0.25, 0.3) is 0 Å². The van der Waals surface area contributed by atoms with Crippen molar-refractivity contribution in [3.63, 3.8) is 0 Å². The van der Waals surface area contributed by atoms with Crippen molar-refractivity contribution in [1.82, 2.24) is 10.8 Å². The van der Waals surface area contributed by atoms with Gasteiger partial charge in [-0.3, -0.25) is 4.79 Å². The Morgan fingerprint density at radius 2 is 2.00 bits per heavy atom. The van der Waals surface area contributed by atoms with Crippen LogP contribution in [-0.2, 0) is 16.2 Å². The van der Waals surface area contributed by atoms with Crippen LogP contribution in [0.4, 0.5) is 4.39 Å². The molecule has 0 aliphatic carbocycles. The van der Waals surface area contributed by atoms with Crippen molar-refractivity contribution in [2.24, 2.45) is 4.99 Å². The summed E-state index contributed by atoms with van der Waals surface area (Å²) in [5, 5.41) is 12.3. The molecule has 3 N–H and O–H groups in total. The third kappa shape index (κ3) is 4.00. The van der Waals surface area contributed by atoms with E-state index in [0.29, 0.717) is 20.1 Å². The van der Waals surface area contributed by atoms with E-state index in [9.17, 15) is 14.3 Å². The number of phenolic OH excluding ortho intramolecular Hbond substituents is 1. The molecular formula is C16H12Br2FN3O3. The van der Waals surface area contributed by atoms with Crippen molar-refractivity contribution in [2.45, 2.75) is 12.7 Å². The molecule has 0 radical (unpaired) electrons. The van der Waals surface area contributed by atoms with Gasteiger partial charge in [-0.15, -0.1) is 5.48 Å². The van der Waals surface area contributed by atoms with Crippen LogP contribution in [0.25, 0.3) is 0 Å². The highest BCUT2D eigenvalue weighted by molar-refractivity contribution is 9.11. The Hall–Kier alpha value is -1.97. The minimum atomic E-state index is -0.609. The van der Waals surface area contributed by atoms with Crippen molar-refractivity contribution >= 4 is 43.7 Å². The number of nitrogens with one attached hydrogen (secondary N) is 2. The third-order valence-electron chi connectivity index (χ3n) is 3.46. The first kappa shape index (κ1) is 17.8. The lowest BCUT2D eigenvalue weighted by molar-refractivity contribution is -0.116. The molecule has 0 saturated carbocycles. The van der Waals surface area contributed by atoms with Crippen molar-refractivity contribution in [1.29, 1.82) is 0 Å². The van der Waals surface area contributed by atoms with Crippen LogP contribution in [0.1, 0.15) is 17.3 Å². The molecule has 1 unspecified atom stereocenters. The second kappa shape index (κ2) is 7.51. The van der Waals surface area contributed by atoms with Crippen molar-refractivity contribution < 1.29 is 19.1 Å². The lowest BCUT2D eigenvalue weighted by Gasteiger charge is -2.09. The summed E-state index contributed by atoms with van der Waals surface area (Å²) in [7, 11) is 0. The molecule has 0 aromatic heterocycles. The van der Waals surface area contributed by atoms with Gasteiger partial charge in [-0.1, -0.05) is 18.2 Å². The molecule has 9 heteroatoms. The molecule has 1 amide bonds. The first-order chi connectivity index (χ1) is 12.0. The van der Waals surface area contributed by atoms with Crippen molar-refractivity contribution in [3.05, 3.63) is 62.3 Å². The Morgan fingerprint density at radius 1 is 1.32 bits per heavy atom. The SMILES string of the molecule is O=C(NCc1ccccc1F)C1=NC(c2cc(Br)c(O)c(Br)c2)NO1. The molecule has 1 aliphatic heterocycles. The number of hydrogen-bond donors (Lipinski definition) is 3. The molecule has 3 rings (SSSR count). The van der Waals surface area contributed by atoms with Gasteiger partial charge in [-0.05, 0) is 55.6 Å². The number of hydroxylamine groups is 1. The number of hydrogen-bond acceptors (Lipinski definition) is 5. The fourth-order valence-electron chi connectivity index (χ4n) is 2.17. The van der Waals surface area contributed by atoms with Gasteiger partial charge in [0.05, 0.1) is 8.95 Å². The molecule has 0 fully saturated rings. The second-order valence-corrected chi connectivity index (χ2v) is 6.87. The van der Waals surface area contributed by atoms with E-state index in [1.54, 1.807) is 30.3 Å². The summed E-state index contributed by atoms with van der Waals surface area (Å²) in [5.41, 5.74) is 3.67. The van der Waals surface area contributed by atoms with E-state index in [1.165, 1.54) is 6.07 Å². The van der Waals surface area contributed by atoms with E-state index >= 15 is 0 Å². The molecule has 1 atom stereocenters. The Balaban J connectivity index is 1.69. The number of nitrogens with zero attached hydrogens (tertiary/aromatic N) is 1. The molecule has 130 valence electrons. The maximum Gasteiger partial charge on any atom is 0.308 e. The zero-order valence-electron chi connectivity index (χ0n) is 12.6. The first-order valence-corrected chi connectivity index (χ1v) is 8.74. The Morgan fingerprint density at radius 3 is 2.68 bits per heavy atom. The minimum Gasteiger partial charge on any atom is -0.506 e. The molecule has 6 nitrogen and oxygen atoms in total. The van der Waals surface area contributed by atoms with Gasteiger partial charge in [0.15, 0.2) is 6.17 Å². The Bertz CT molecular complexity index is 837. The maximum absolute atomic E-state index is 13.6. The number of aliphatic imine (C=N–C) groups is 1. The number of aromatic hydroxyl groups is 1. The van der Waals surface area contributed by atoms with Gasteiger partial charge in [0.1, 0.15) is 11.6 Å². The highest BCUT2D eigenvalue weighted by Gasteiger charge is 2.26. The van der Waals surface area contributed by atoms with Crippen molar-refractivity contribution in [3.8, 4) is 5.75 Å². The zero-order chi connectivity index (χ0) is 18.0. The fourth-order valence-corrected chi connectivity index (χ4v) is 3.39. The van der Waals surface area contributed by atoms with Gasteiger partial charge in [-0.25, -0.2) is 9.38 Å².